The third kappa shape index (κ3) is 3.17. The molecule has 1 N–H and O–H groups in total. The third-order valence-electron chi connectivity index (χ3n) is 3.02. The summed E-state index contributed by atoms with van der Waals surface area (Å²) in [5.41, 5.74) is 0.988. The van der Waals surface area contributed by atoms with Crippen LogP contribution in [-0.4, -0.2) is 41.6 Å². The Labute approximate surface area is 115 Å². The largest absolute Gasteiger partial charge is 0.482 e. The fourth-order valence-corrected chi connectivity index (χ4v) is 1.96. The summed E-state index contributed by atoms with van der Waals surface area (Å²) in [6.07, 6.45) is 0. The molecule has 6 heteroatoms. The summed E-state index contributed by atoms with van der Waals surface area (Å²) in [6.45, 7) is 2.27. The lowest BCUT2D eigenvalue weighted by Gasteiger charge is -2.36. The molecule has 102 valence electrons. The number of aryl methyl sites for hydroxylation is 1. The van der Waals surface area contributed by atoms with Gasteiger partial charge in [-0.15, -0.1) is 0 Å². The second-order valence-corrected chi connectivity index (χ2v) is 4.96. The summed E-state index contributed by atoms with van der Waals surface area (Å²) in [4.78, 5) is 23.8. The van der Waals surface area contributed by atoms with Crippen LogP contribution in [0.4, 0.5) is 0 Å². The van der Waals surface area contributed by atoms with E-state index in [0.29, 0.717) is 10.8 Å². The van der Waals surface area contributed by atoms with Gasteiger partial charge in [0.1, 0.15) is 5.75 Å². The lowest BCUT2D eigenvalue weighted by molar-refractivity contribution is -0.153. The van der Waals surface area contributed by atoms with Crippen LogP contribution in [0.3, 0.4) is 0 Å². The van der Waals surface area contributed by atoms with Gasteiger partial charge in [0, 0.05) is 13.1 Å². The molecule has 1 aromatic rings. The zero-order valence-corrected chi connectivity index (χ0v) is 11.2. The van der Waals surface area contributed by atoms with Crippen LogP contribution in [0.15, 0.2) is 18.2 Å². The number of halogens is 1. The monoisotopic (exact) mass is 283 g/mol. The molecule has 2 rings (SSSR count). The number of hydrogen-bond acceptors (Lipinski definition) is 3. The van der Waals surface area contributed by atoms with E-state index in [0.717, 1.165) is 5.56 Å². The van der Waals surface area contributed by atoms with E-state index in [1.165, 1.54) is 4.90 Å². The highest BCUT2D eigenvalue weighted by atomic mass is 35.5. The molecule has 5 nitrogen and oxygen atoms in total. The first-order chi connectivity index (χ1) is 8.97. The van der Waals surface area contributed by atoms with Crippen LogP contribution in [0.2, 0.25) is 5.02 Å². The molecular formula is C13H14ClNO4. The number of carboxylic acid groups (broad SMARTS) is 1. The molecule has 0 aromatic heterocycles. The topological polar surface area (TPSA) is 66.8 Å². The van der Waals surface area contributed by atoms with Crippen molar-refractivity contribution < 1.29 is 19.4 Å². The van der Waals surface area contributed by atoms with Crippen molar-refractivity contribution in [2.24, 2.45) is 5.92 Å². The molecule has 0 spiro atoms. The van der Waals surface area contributed by atoms with Crippen LogP contribution in [0.1, 0.15) is 5.56 Å². The minimum Gasteiger partial charge on any atom is -0.482 e. The predicted octanol–water partition coefficient (Wildman–Crippen LogP) is 1.57. The van der Waals surface area contributed by atoms with Crippen molar-refractivity contribution in [3.8, 4) is 5.75 Å². The standard InChI is InChI=1S/C13H14ClNO4/c1-8-2-3-10(14)11(4-8)19-7-12(16)15-5-9(6-15)13(17)18/h2-4,9H,5-7H2,1H3,(H,17,18). The normalized spacial score (nSPS) is 14.9. The Morgan fingerprint density at radius 1 is 1.47 bits per heavy atom. The minimum atomic E-state index is -0.869. The molecule has 1 saturated heterocycles. The first-order valence-corrected chi connectivity index (χ1v) is 6.24. The van der Waals surface area contributed by atoms with Gasteiger partial charge in [-0.2, -0.15) is 0 Å². The number of nitrogens with zero attached hydrogens (tertiary/aromatic N) is 1. The highest BCUT2D eigenvalue weighted by Gasteiger charge is 2.35. The number of benzene rings is 1. The Morgan fingerprint density at radius 2 is 2.16 bits per heavy atom. The Morgan fingerprint density at radius 3 is 2.79 bits per heavy atom. The number of likely N-dealkylation sites (tertiary alicyclic amines) is 1. The second kappa shape index (κ2) is 5.48. The predicted molar refractivity (Wildman–Crippen MR) is 69.4 cm³/mol. The Hall–Kier alpha value is -1.75. The van der Waals surface area contributed by atoms with E-state index in [-0.39, 0.29) is 25.6 Å². The molecule has 1 fully saturated rings. The summed E-state index contributed by atoms with van der Waals surface area (Å²) < 4.78 is 5.36. The molecule has 1 amide bonds. The maximum atomic E-state index is 11.7. The van der Waals surface area contributed by atoms with Crippen LogP contribution >= 0.6 is 11.6 Å². The van der Waals surface area contributed by atoms with Gasteiger partial charge < -0.3 is 14.7 Å². The highest BCUT2D eigenvalue weighted by molar-refractivity contribution is 6.32. The van der Waals surface area contributed by atoms with E-state index in [1.807, 2.05) is 13.0 Å². The SMILES string of the molecule is Cc1ccc(Cl)c(OCC(=O)N2CC(C(=O)O)C2)c1. The van der Waals surface area contributed by atoms with Crippen LogP contribution in [0.5, 0.6) is 5.75 Å². The number of aliphatic carboxylic acids is 1. The van der Waals surface area contributed by atoms with Gasteiger partial charge in [-0.05, 0) is 24.6 Å². The minimum absolute atomic E-state index is 0.129. The van der Waals surface area contributed by atoms with Crippen LogP contribution in [0, 0.1) is 12.8 Å². The third-order valence-corrected chi connectivity index (χ3v) is 3.33. The molecule has 0 radical (unpaired) electrons. The molecule has 19 heavy (non-hydrogen) atoms. The number of carbonyl (C=O) groups excluding carboxylic acids is 1. The number of amides is 1. The first kappa shape index (κ1) is 13.7. The van der Waals surface area contributed by atoms with Gasteiger partial charge in [-0.1, -0.05) is 17.7 Å². The molecule has 1 aliphatic rings. The van der Waals surface area contributed by atoms with Gasteiger partial charge in [0.2, 0.25) is 0 Å². The van der Waals surface area contributed by atoms with E-state index in [2.05, 4.69) is 0 Å². The van der Waals surface area contributed by atoms with Gasteiger partial charge in [0.15, 0.2) is 6.61 Å². The van der Waals surface area contributed by atoms with Crippen molar-refractivity contribution in [3.05, 3.63) is 28.8 Å². The maximum Gasteiger partial charge on any atom is 0.310 e. The molecular weight excluding hydrogens is 270 g/mol. The van der Waals surface area contributed by atoms with E-state index in [1.54, 1.807) is 12.1 Å². The van der Waals surface area contributed by atoms with Crippen molar-refractivity contribution in [1.29, 1.82) is 0 Å². The lowest BCUT2D eigenvalue weighted by atomic mass is 10.0. The van der Waals surface area contributed by atoms with Gasteiger partial charge in [-0.25, -0.2) is 0 Å². The van der Waals surface area contributed by atoms with E-state index in [9.17, 15) is 9.59 Å². The molecule has 0 bridgehead atoms. The van der Waals surface area contributed by atoms with Gasteiger partial charge in [0.05, 0.1) is 10.9 Å². The quantitative estimate of drug-likeness (QED) is 0.911. The van der Waals surface area contributed by atoms with Crippen molar-refractivity contribution in [1.82, 2.24) is 4.90 Å². The zero-order chi connectivity index (χ0) is 14.0. The number of carbonyl (C=O) groups is 2. The Balaban J connectivity index is 1.84. The highest BCUT2D eigenvalue weighted by Crippen LogP contribution is 2.25. The summed E-state index contributed by atoms with van der Waals surface area (Å²) >= 11 is 5.94. The van der Waals surface area contributed by atoms with Crippen LogP contribution in [-0.2, 0) is 9.59 Å². The van der Waals surface area contributed by atoms with Gasteiger partial charge in [0.25, 0.3) is 5.91 Å². The van der Waals surface area contributed by atoms with Crippen molar-refractivity contribution in [2.75, 3.05) is 19.7 Å². The molecule has 1 heterocycles. The zero-order valence-electron chi connectivity index (χ0n) is 10.4. The smallest absolute Gasteiger partial charge is 0.310 e. The average molecular weight is 284 g/mol. The molecule has 1 aliphatic heterocycles. The first-order valence-electron chi connectivity index (χ1n) is 5.87. The fourth-order valence-electron chi connectivity index (χ4n) is 1.79. The summed E-state index contributed by atoms with van der Waals surface area (Å²) in [7, 11) is 0. The molecule has 0 aliphatic carbocycles. The van der Waals surface area contributed by atoms with E-state index >= 15 is 0 Å². The van der Waals surface area contributed by atoms with Crippen molar-refractivity contribution in [3.63, 3.8) is 0 Å². The maximum absolute atomic E-state index is 11.7. The van der Waals surface area contributed by atoms with E-state index in [4.69, 9.17) is 21.4 Å². The van der Waals surface area contributed by atoms with E-state index < -0.39 is 11.9 Å². The Kier molecular flexibility index (Phi) is 3.95. The Bertz CT molecular complexity index is 511. The summed E-state index contributed by atoms with van der Waals surface area (Å²) in [6, 6.07) is 5.32. The van der Waals surface area contributed by atoms with Crippen molar-refractivity contribution in [2.45, 2.75) is 6.92 Å². The number of ether oxygens (including phenoxy) is 1. The lowest BCUT2D eigenvalue weighted by Crippen LogP contribution is -2.54. The van der Waals surface area contributed by atoms with Gasteiger partial charge in [-0.3, -0.25) is 9.59 Å². The molecule has 0 saturated carbocycles. The molecule has 1 aromatic carbocycles. The number of carboxylic acids is 1. The summed E-state index contributed by atoms with van der Waals surface area (Å²) in [5, 5.41) is 9.17. The van der Waals surface area contributed by atoms with Crippen LogP contribution < -0.4 is 4.74 Å². The number of rotatable bonds is 4. The molecule has 0 atom stereocenters. The summed E-state index contributed by atoms with van der Waals surface area (Å²) in [5.74, 6) is -1.08. The van der Waals surface area contributed by atoms with Gasteiger partial charge >= 0.3 is 5.97 Å². The van der Waals surface area contributed by atoms with Crippen molar-refractivity contribution >= 4 is 23.5 Å². The van der Waals surface area contributed by atoms with Crippen LogP contribution in [0.25, 0.3) is 0 Å². The fraction of sp³-hybridized carbons (Fsp3) is 0.385. The second-order valence-electron chi connectivity index (χ2n) is 4.56. The molecule has 0 unspecified atom stereocenters. The number of hydrogen-bond donors (Lipinski definition) is 1. The average Bonchev–Trinajstić information content (AvgIpc) is 2.28.